The summed E-state index contributed by atoms with van der Waals surface area (Å²) in [6.07, 6.45) is 4.63. The second-order valence-electron chi connectivity index (χ2n) is 6.50. The van der Waals surface area contributed by atoms with Crippen LogP contribution in [-0.4, -0.2) is 29.2 Å². The number of fused-ring (bicyclic) bond motifs is 5. The average molecular weight is 302 g/mol. The van der Waals surface area contributed by atoms with E-state index in [1.165, 1.54) is 6.26 Å². The lowest BCUT2D eigenvalue weighted by Crippen LogP contribution is -2.41. The SMILES string of the molecule is O=C(CN1C(=O)[C@@H]2[C@@H]3CC[C@@H](C3)[C@@H]2C1=O)NCc1ccco1. The summed E-state index contributed by atoms with van der Waals surface area (Å²) in [5.74, 6) is 0.400. The first-order chi connectivity index (χ1) is 10.6. The minimum Gasteiger partial charge on any atom is -0.467 e. The molecule has 116 valence electrons. The van der Waals surface area contributed by atoms with Crippen molar-refractivity contribution >= 4 is 17.7 Å². The van der Waals surface area contributed by atoms with E-state index in [0.717, 1.165) is 24.2 Å². The maximum atomic E-state index is 12.5. The largest absolute Gasteiger partial charge is 0.467 e. The van der Waals surface area contributed by atoms with E-state index >= 15 is 0 Å². The highest BCUT2D eigenvalue weighted by Gasteiger charge is 2.60. The van der Waals surface area contributed by atoms with Crippen molar-refractivity contribution in [3.63, 3.8) is 0 Å². The van der Waals surface area contributed by atoms with E-state index in [4.69, 9.17) is 4.42 Å². The molecule has 1 aromatic heterocycles. The van der Waals surface area contributed by atoms with Crippen LogP contribution in [0.3, 0.4) is 0 Å². The van der Waals surface area contributed by atoms with Crippen LogP contribution < -0.4 is 5.32 Å². The lowest BCUT2D eigenvalue weighted by Gasteiger charge is -2.19. The predicted octanol–water partition coefficient (Wildman–Crippen LogP) is 0.927. The summed E-state index contributed by atoms with van der Waals surface area (Å²) in [6.45, 7) is 0.0883. The van der Waals surface area contributed by atoms with Crippen LogP contribution in [0.25, 0.3) is 0 Å². The van der Waals surface area contributed by atoms with Gasteiger partial charge in [0.15, 0.2) is 0 Å². The standard InChI is InChI=1S/C16H18N2O4/c19-12(17-7-11-2-1-5-22-11)8-18-15(20)13-9-3-4-10(6-9)14(13)16(18)21/h1-2,5,9-10,13-14H,3-4,6-8H2,(H,17,19)/t9-,10+,13-,14+. The Labute approximate surface area is 127 Å². The molecule has 3 fully saturated rings. The van der Waals surface area contributed by atoms with Crippen molar-refractivity contribution in [2.75, 3.05) is 6.54 Å². The molecule has 3 amide bonds. The smallest absolute Gasteiger partial charge is 0.240 e. The molecule has 1 saturated heterocycles. The summed E-state index contributed by atoms with van der Waals surface area (Å²) in [5, 5.41) is 2.68. The molecule has 0 unspecified atom stereocenters. The molecule has 0 radical (unpaired) electrons. The lowest BCUT2D eigenvalue weighted by molar-refractivity contribution is -0.144. The Morgan fingerprint density at radius 2 is 1.91 bits per heavy atom. The third-order valence-corrected chi connectivity index (χ3v) is 5.36. The van der Waals surface area contributed by atoms with E-state index in [1.54, 1.807) is 12.1 Å². The van der Waals surface area contributed by atoms with Crippen molar-refractivity contribution in [2.45, 2.75) is 25.8 Å². The van der Waals surface area contributed by atoms with Crippen LogP contribution >= 0.6 is 0 Å². The molecule has 2 aliphatic carbocycles. The van der Waals surface area contributed by atoms with Gasteiger partial charge in [0.05, 0.1) is 24.6 Å². The molecule has 1 N–H and O–H groups in total. The van der Waals surface area contributed by atoms with Gasteiger partial charge in [-0.1, -0.05) is 0 Å². The Morgan fingerprint density at radius 3 is 2.50 bits per heavy atom. The summed E-state index contributed by atoms with van der Waals surface area (Å²) in [5.41, 5.74) is 0. The van der Waals surface area contributed by atoms with Crippen molar-refractivity contribution in [3.05, 3.63) is 24.2 Å². The monoisotopic (exact) mass is 302 g/mol. The molecule has 2 bridgehead atoms. The number of amides is 3. The van der Waals surface area contributed by atoms with Crippen molar-refractivity contribution in [1.29, 1.82) is 0 Å². The van der Waals surface area contributed by atoms with E-state index < -0.39 is 0 Å². The zero-order valence-electron chi connectivity index (χ0n) is 12.2. The van der Waals surface area contributed by atoms with Crippen LogP contribution in [0.2, 0.25) is 0 Å². The van der Waals surface area contributed by atoms with Crippen molar-refractivity contribution in [2.24, 2.45) is 23.7 Å². The number of carbonyl (C=O) groups is 3. The molecule has 1 aliphatic heterocycles. The Hall–Kier alpha value is -2.11. The van der Waals surface area contributed by atoms with Crippen molar-refractivity contribution < 1.29 is 18.8 Å². The molecular formula is C16H18N2O4. The molecule has 4 rings (SSSR count). The fourth-order valence-corrected chi connectivity index (χ4v) is 4.42. The van der Waals surface area contributed by atoms with Crippen LogP contribution in [0.15, 0.2) is 22.8 Å². The molecule has 2 saturated carbocycles. The number of likely N-dealkylation sites (tertiary alicyclic amines) is 1. The number of carbonyl (C=O) groups excluding carboxylic acids is 3. The van der Waals surface area contributed by atoms with Crippen LogP contribution in [0, 0.1) is 23.7 Å². The summed E-state index contributed by atoms with van der Waals surface area (Å²) in [4.78, 5) is 38.1. The van der Waals surface area contributed by atoms with Gasteiger partial charge in [-0.15, -0.1) is 0 Å². The van der Waals surface area contributed by atoms with E-state index in [-0.39, 0.29) is 42.6 Å². The maximum Gasteiger partial charge on any atom is 0.240 e. The van der Waals surface area contributed by atoms with Gasteiger partial charge in [0, 0.05) is 0 Å². The molecule has 4 atom stereocenters. The van der Waals surface area contributed by atoms with E-state index in [9.17, 15) is 14.4 Å². The van der Waals surface area contributed by atoms with Crippen LogP contribution in [0.4, 0.5) is 0 Å². The van der Waals surface area contributed by atoms with Gasteiger partial charge >= 0.3 is 0 Å². The third-order valence-electron chi connectivity index (χ3n) is 5.36. The fourth-order valence-electron chi connectivity index (χ4n) is 4.42. The first-order valence-electron chi connectivity index (χ1n) is 7.79. The third kappa shape index (κ3) is 1.97. The lowest BCUT2D eigenvalue weighted by atomic mass is 9.81. The van der Waals surface area contributed by atoms with Gasteiger partial charge < -0.3 is 9.73 Å². The second kappa shape index (κ2) is 4.97. The van der Waals surface area contributed by atoms with E-state index in [1.807, 2.05) is 0 Å². The quantitative estimate of drug-likeness (QED) is 0.839. The highest BCUT2D eigenvalue weighted by atomic mass is 16.3. The Balaban J connectivity index is 1.40. The second-order valence-corrected chi connectivity index (χ2v) is 6.50. The number of rotatable bonds is 4. The van der Waals surface area contributed by atoms with Gasteiger partial charge in [-0.25, -0.2) is 0 Å². The van der Waals surface area contributed by atoms with Gasteiger partial charge in [-0.2, -0.15) is 0 Å². The Bertz CT molecular complexity index is 596. The minimum atomic E-state index is -0.328. The average Bonchev–Trinajstić information content (AvgIpc) is 3.26. The molecule has 6 nitrogen and oxygen atoms in total. The van der Waals surface area contributed by atoms with Gasteiger partial charge in [0.1, 0.15) is 12.3 Å². The minimum absolute atomic E-state index is 0.143. The highest BCUT2D eigenvalue weighted by molar-refractivity contribution is 6.08. The fraction of sp³-hybridized carbons (Fsp3) is 0.562. The van der Waals surface area contributed by atoms with Gasteiger partial charge in [-0.3, -0.25) is 19.3 Å². The molecule has 1 aromatic rings. The number of imide groups is 1. The zero-order chi connectivity index (χ0) is 15.3. The van der Waals surface area contributed by atoms with Crippen LogP contribution in [0.1, 0.15) is 25.0 Å². The maximum absolute atomic E-state index is 12.5. The first kappa shape index (κ1) is 13.5. The van der Waals surface area contributed by atoms with Gasteiger partial charge in [0.2, 0.25) is 17.7 Å². The molecular weight excluding hydrogens is 284 g/mol. The van der Waals surface area contributed by atoms with E-state index in [0.29, 0.717) is 17.6 Å². The number of hydrogen-bond donors (Lipinski definition) is 1. The number of hydrogen-bond acceptors (Lipinski definition) is 4. The normalized spacial score (nSPS) is 32.6. The summed E-state index contributed by atoms with van der Waals surface area (Å²) in [7, 11) is 0. The van der Waals surface area contributed by atoms with Crippen molar-refractivity contribution in [1.82, 2.24) is 10.2 Å². The molecule has 0 aromatic carbocycles. The summed E-state index contributed by atoms with van der Waals surface area (Å²) >= 11 is 0. The van der Waals surface area contributed by atoms with Crippen LogP contribution in [-0.2, 0) is 20.9 Å². The number of furan rings is 1. The summed E-state index contributed by atoms with van der Waals surface area (Å²) in [6, 6.07) is 3.50. The summed E-state index contributed by atoms with van der Waals surface area (Å²) < 4.78 is 5.13. The van der Waals surface area contributed by atoms with Gasteiger partial charge in [0.25, 0.3) is 0 Å². The highest BCUT2D eigenvalue weighted by Crippen LogP contribution is 2.55. The van der Waals surface area contributed by atoms with E-state index in [2.05, 4.69) is 5.32 Å². The number of nitrogens with zero attached hydrogens (tertiary/aromatic N) is 1. The zero-order valence-corrected chi connectivity index (χ0v) is 12.2. The molecule has 6 heteroatoms. The Morgan fingerprint density at radius 1 is 1.23 bits per heavy atom. The first-order valence-corrected chi connectivity index (χ1v) is 7.79. The molecule has 0 spiro atoms. The molecule has 3 aliphatic rings. The molecule has 2 heterocycles. The molecule has 22 heavy (non-hydrogen) atoms. The number of nitrogens with one attached hydrogen (secondary N) is 1. The van der Waals surface area contributed by atoms with Crippen molar-refractivity contribution in [3.8, 4) is 0 Å². The van der Waals surface area contributed by atoms with Gasteiger partial charge in [-0.05, 0) is 43.2 Å². The van der Waals surface area contributed by atoms with Crippen LogP contribution in [0.5, 0.6) is 0 Å². The Kier molecular flexibility index (Phi) is 3.06. The topological polar surface area (TPSA) is 79.6 Å². The predicted molar refractivity (Wildman–Crippen MR) is 75.1 cm³/mol.